The zero-order valence-electron chi connectivity index (χ0n) is 15.3. The summed E-state index contributed by atoms with van der Waals surface area (Å²) in [6.45, 7) is 8.94. The van der Waals surface area contributed by atoms with Crippen molar-refractivity contribution in [3.63, 3.8) is 0 Å². The van der Waals surface area contributed by atoms with Crippen LogP contribution in [0.15, 0.2) is 29.7 Å². The van der Waals surface area contributed by atoms with Crippen LogP contribution in [0.1, 0.15) is 25.8 Å². The van der Waals surface area contributed by atoms with Crippen LogP contribution >= 0.6 is 23.4 Å². The van der Waals surface area contributed by atoms with Crippen molar-refractivity contribution in [3.8, 4) is 0 Å². The van der Waals surface area contributed by atoms with Crippen LogP contribution in [0.5, 0.6) is 0 Å². The topological polar surface area (TPSA) is 48.9 Å². The Morgan fingerprint density at radius 2 is 2.23 bits per heavy atom. The van der Waals surface area contributed by atoms with E-state index in [-0.39, 0.29) is 5.30 Å². The lowest BCUT2D eigenvalue weighted by Gasteiger charge is -2.37. The van der Waals surface area contributed by atoms with E-state index in [9.17, 15) is 4.79 Å². The Hall–Kier alpha value is -1.44. The number of hydrogen-bond donors (Lipinski definition) is 0. The molecule has 0 atom stereocenters. The van der Waals surface area contributed by atoms with E-state index in [0.717, 1.165) is 50.6 Å². The highest BCUT2D eigenvalue weighted by atomic mass is 35.5. The fourth-order valence-electron chi connectivity index (χ4n) is 3.36. The maximum Gasteiger partial charge on any atom is 0.368 e. The number of carbonyl (C=O) groups excluding carboxylic acids is 1. The van der Waals surface area contributed by atoms with E-state index in [1.54, 1.807) is 0 Å². The van der Waals surface area contributed by atoms with E-state index in [2.05, 4.69) is 33.5 Å². The molecule has 1 fully saturated rings. The minimum absolute atomic E-state index is 0.183. The van der Waals surface area contributed by atoms with Gasteiger partial charge in [0, 0.05) is 38.1 Å². The highest BCUT2D eigenvalue weighted by Crippen LogP contribution is 2.28. The molecule has 0 unspecified atom stereocenters. The average Bonchev–Trinajstić information content (AvgIpc) is 3.03. The van der Waals surface area contributed by atoms with Gasteiger partial charge in [-0.2, -0.15) is 0 Å². The third-order valence-corrected chi connectivity index (χ3v) is 5.59. The molecule has 1 aromatic heterocycles. The maximum atomic E-state index is 11.7. The Labute approximate surface area is 164 Å². The number of nitrogens with zero attached hydrogens (tertiary/aromatic N) is 4. The second-order valence-electron chi connectivity index (χ2n) is 6.62. The fraction of sp³-hybridized carbons (Fsp3) is 0.556. The van der Waals surface area contributed by atoms with Gasteiger partial charge in [-0.1, -0.05) is 24.6 Å². The number of ether oxygens (including phenoxy) is 1. The summed E-state index contributed by atoms with van der Waals surface area (Å²) in [6, 6.07) is 3.86. The van der Waals surface area contributed by atoms with Gasteiger partial charge < -0.3 is 14.5 Å². The molecule has 0 radical (unpaired) electrons. The number of hydrogen-bond acceptors (Lipinski definition) is 7. The number of carbonyl (C=O) groups is 1. The highest BCUT2D eigenvalue weighted by molar-refractivity contribution is 8.13. The minimum atomic E-state index is -0.183. The zero-order chi connectivity index (χ0) is 18.5. The van der Waals surface area contributed by atoms with Crippen LogP contribution in [0.3, 0.4) is 0 Å². The molecule has 2 aliphatic rings. The van der Waals surface area contributed by atoms with Crippen molar-refractivity contribution >= 4 is 28.7 Å². The minimum Gasteiger partial charge on any atom is -0.441 e. The number of fused-ring (bicyclic) bond motifs is 1. The van der Waals surface area contributed by atoms with Crippen LogP contribution in [0.2, 0.25) is 5.15 Å². The molecule has 2 aliphatic heterocycles. The van der Waals surface area contributed by atoms with Crippen LogP contribution in [0.25, 0.3) is 0 Å². The SMILES string of the molecule is CCCSC(=O)OCN1CC(C)=C2N(Cc3ccc(Cl)nc3)CCN2C1. The standard InChI is InChI=1S/C18H25ClN4O2S/c1-3-8-26-18(24)25-13-21-10-14(2)17-22(6-7-23(17)12-21)11-15-4-5-16(19)20-9-15/h4-5,9H,3,6-8,10-13H2,1-2H3. The normalized spacial score (nSPS) is 17.7. The molecule has 8 heteroatoms. The Morgan fingerprint density at radius 1 is 1.38 bits per heavy atom. The number of thioether (sulfide) groups is 1. The summed E-state index contributed by atoms with van der Waals surface area (Å²) in [4.78, 5) is 22.8. The van der Waals surface area contributed by atoms with Crippen molar-refractivity contribution in [2.75, 3.05) is 38.8 Å². The van der Waals surface area contributed by atoms with Gasteiger partial charge in [0.1, 0.15) is 17.7 Å². The lowest BCUT2D eigenvalue weighted by molar-refractivity contribution is 0.0496. The van der Waals surface area contributed by atoms with Gasteiger partial charge in [0.15, 0.2) is 0 Å². The first kappa shape index (κ1) is 19.3. The molecule has 26 heavy (non-hydrogen) atoms. The largest absolute Gasteiger partial charge is 0.441 e. The van der Waals surface area contributed by atoms with Crippen LogP contribution in [0.4, 0.5) is 4.79 Å². The molecule has 6 nitrogen and oxygen atoms in total. The number of pyridine rings is 1. The van der Waals surface area contributed by atoms with E-state index < -0.39 is 0 Å². The highest BCUT2D eigenvalue weighted by Gasteiger charge is 2.32. The van der Waals surface area contributed by atoms with E-state index in [4.69, 9.17) is 16.3 Å². The fourth-order valence-corrected chi connectivity index (χ4v) is 3.98. The summed E-state index contributed by atoms with van der Waals surface area (Å²) < 4.78 is 5.38. The van der Waals surface area contributed by atoms with Crippen LogP contribution in [-0.4, -0.2) is 63.8 Å². The van der Waals surface area contributed by atoms with Gasteiger partial charge in [0.25, 0.3) is 0 Å². The van der Waals surface area contributed by atoms with Crippen LogP contribution < -0.4 is 0 Å². The van der Waals surface area contributed by atoms with Crippen molar-refractivity contribution < 1.29 is 9.53 Å². The van der Waals surface area contributed by atoms with Crippen LogP contribution in [-0.2, 0) is 11.3 Å². The van der Waals surface area contributed by atoms with Gasteiger partial charge in [-0.3, -0.25) is 0 Å². The zero-order valence-corrected chi connectivity index (χ0v) is 16.9. The quantitative estimate of drug-likeness (QED) is 0.537. The first-order valence-corrected chi connectivity index (χ1v) is 10.2. The second kappa shape index (κ2) is 8.97. The maximum absolute atomic E-state index is 11.7. The van der Waals surface area contributed by atoms with Gasteiger partial charge >= 0.3 is 5.30 Å². The first-order valence-electron chi connectivity index (χ1n) is 8.88. The van der Waals surface area contributed by atoms with Gasteiger partial charge in [-0.15, -0.1) is 0 Å². The Kier molecular flexibility index (Phi) is 6.67. The molecule has 3 rings (SSSR count). The van der Waals surface area contributed by atoms with Crippen molar-refractivity contribution in [3.05, 3.63) is 40.4 Å². The van der Waals surface area contributed by atoms with Gasteiger partial charge in [-0.25, -0.2) is 14.7 Å². The lowest BCUT2D eigenvalue weighted by atomic mass is 10.2. The summed E-state index contributed by atoms with van der Waals surface area (Å²) in [6.07, 6.45) is 2.81. The van der Waals surface area contributed by atoms with Crippen molar-refractivity contribution in [2.24, 2.45) is 0 Å². The van der Waals surface area contributed by atoms with Gasteiger partial charge in [0.05, 0.1) is 6.67 Å². The first-order chi connectivity index (χ1) is 12.6. The predicted molar refractivity (Wildman–Crippen MR) is 105 cm³/mol. The average molecular weight is 397 g/mol. The summed E-state index contributed by atoms with van der Waals surface area (Å²) in [7, 11) is 0. The number of rotatable bonds is 6. The number of aromatic nitrogens is 1. The van der Waals surface area contributed by atoms with Gasteiger partial charge in [0.2, 0.25) is 0 Å². The molecule has 1 saturated heterocycles. The third-order valence-electron chi connectivity index (χ3n) is 4.40. The van der Waals surface area contributed by atoms with Gasteiger partial charge in [-0.05, 0) is 42.3 Å². The Balaban J connectivity index is 1.57. The molecule has 0 saturated carbocycles. The molecular weight excluding hydrogens is 372 g/mol. The monoisotopic (exact) mass is 396 g/mol. The Morgan fingerprint density at radius 3 is 2.96 bits per heavy atom. The molecule has 0 spiro atoms. The number of halogens is 1. The third kappa shape index (κ3) is 4.84. The molecule has 0 aliphatic carbocycles. The van der Waals surface area contributed by atoms with E-state index in [1.807, 2.05) is 18.3 Å². The molecule has 1 aromatic rings. The molecule has 142 valence electrons. The smallest absolute Gasteiger partial charge is 0.368 e. The van der Waals surface area contributed by atoms with E-state index in [1.165, 1.54) is 23.2 Å². The van der Waals surface area contributed by atoms with E-state index in [0.29, 0.717) is 11.9 Å². The van der Waals surface area contributed by atoms with Crippen molar-refractivity contribution in [2.45, 2.75) is 26.8 Å². The molecular formula is C18H25ClN4O2S. The summed E-state index contributed by atoms with van der Waals surface area (Å²) in [5.74, 6) is 2.10. The molecule has 0 bridgehead atoms. The molecule has 0 N–H and O–H groups in total. The van der Waals surface area contributed by atoms with Crippen molar-refractivity contribution in [1.82, 2.24) is 19.7 Å². The Bertz CT molecular complexity index is 668. The molecule has 0 amide bonds. The second-order valence-corrected chi connectivity index (χ2v) is 8.04. The predicted octanol–water partition coefficient (Wildman–Crippen LogP) is 3.59. The van der Waals surface area contributed by atoms with Crippen molar-refractivity contribution in [1.29, 1.82) is 0 Å². The molecule has 0 aromatic carbocycles. The lowest BCUT2D eigenvalue weighted by Crippen LogP contribution is -2.44. The van der Waals surface area contributed by atoms with E-state index >= 15 is 0 Å². The summed E-state index contributed by atoms with van der Waals surface area (Å²) in [5.41, 5.74) is 2.45. The summed E-state index contributed by atoms with van der Waals surface area (Å²) >= 11 is 7.12. The summed E-state index contributed by atoms with van der Waals surface area (Å²) in [5, 5.41) is 0.338. The van der Waals surface area contributed by atoms with Crippen LogP contribution in [0, 0.1) is 0 Å². The molecule has 3 heterocycles.